The van der Waals surface area contributed by atoms with Gasteiger partial charge in [0, 0.05) is 32.7 Å². The van der Waals surface area contributed by atoms with Crippen molar-refractivity contribution in [3.8, 4) is 0 Å². The lowest BCUT2D eigenvalue weighted by molar-refractivity contribution is -0.143. The first-order chi connectivity index (χ1) is 11.3. The smallest absolute Gasteiger partial charge is 0.352 e. The number of benzene rings is 1. The summed E-state index contributed by atoms with van der Waals surface area (Å²) in [6, 6.07) is 4.70. The molecule has 25 heavy (non-hydrogen) atoms. The molecule has 1 heterocycles. The number of nitrogens with zero attached hydrogens (tertiary/aromatic N) is 2. The molecule has 0 spiro atoms. The summed E-state index contributed by atoms with van der Waals surface area (Å²) in [7, 11) is 1.58. The van der Waals surface area contributed by atoms with Gasteiger partial charge in [0.25, 0.3) is 0 Å². The Bertz CT molecular complexity index is 597. The Morgan fingerprint density at radius 3 is 2.72 bits per heavy atom. The van der Waals surface area contributed by atoms with E-state index in [4.69, 9.17) is 0 Å². The van der Waals surface area contributed by atoms with Crippen molar-refractivity contribution in [1.82, 2.24) is 15.5 Å². The van der Waals surface area contributed by atoms with E-state index in [1.54, 1.807) is 19.2 Å². The molecule has 1 aromatic carbocycles. The van der Waals surface area contributed by atoms with E-state index in [1.807, 2.05) is 0 Å². The predicted molar refractivity (Wildman–Crippen MR) is 104 cm³/mol. The fourth-order valence-corrected chi connectivity index (χ4v) is 2.82. The third-order valence-corrected chi connectivity index (χ3v) is 4.33. The van der Waals surface area contributed by atoms with Gasteiger partial charge in [-0.1, -0.05) is 6.07 Å². The van der Waals surface area contributed by atoms with Crippen molar-refractivity contribution in [1.29, 1.82) is 0 Å². The topological polar surface area (TPSA) is 39.7 Å². The SMILES string of the molecule is CN=C(NCc1ccc(Br)c(F)c1)NC1CCN(CC(F)(F)F)C1.I. The van der Waals surface area contributed by atoms with Crippen LogP contribution in [0, 0.1) is 5.82 Å². The van der Waals surface area contributed by atoms with Crippen molar-refractivity contribution < 1.29 is 17.6 Å². The van der Waals surface area contributed by atoms with E-state index >= 15 is 0 Å². The van der Waals surface area contributed by atoms with Crippen molar-refractivity contribution in [2.24, 2.45) is 4.99 Å². The lowest BCUT2D eigenvalue weighted by atomic mass is 10.2. The number of hydrogen-bond acceptors (Lipinski definition) is 2. The Morgan fingerprint density at radius 1 is 1.40 bits per heavy atom. The molecule has 4 nitrogen and oxygen atoms in total. The van der Waals surface area contributed by atoms with E-state index < -0.39 is 12.7 Å². The summed E-state index contributed by atoms with van der Waals surface area (Å²) in [5, 5.41) is 6.14. The van der Waals surface area contributed by atoms with Gasteiger partial charge in [0.2, 0.25) is 0 Å². The van der Waals surface area contributed by atoms with Gasteiger partial charge in [-0.3, -0.25) is 9.89 Å². The van der Waals surface area contributed by atoms with Gasteiger partial charge < -0.3 is 10.6 Å². The number of hydrogen-bond donors (Lipinski definition) is 2. The van der Waals surface area contributed by atoms with Gasteiger partial charge >= 0.3 is 6.18 Å². The van der Waals surface area contributed by atoms with E-state index in [0.29, 0.717) is 36.5 Å². The van der Waals surface area contributed by atoms with Gasteiger partial charge in [0.1, 0.15) is 5.82 Å². The average molecular weight is 539 g/mol. The van der Waals surface area contributed by atoms with Crippen LogP contribution in [0.5, 0.6) is 0 Å². The highest BCUT2D eigenvalue weighted by atomic mass is 127. The van der Waals surface area contributed by atoms with Gasteiger partial charge in [-0.15, -0.1) is 24.0 Å². The highest BCUT2D eigenvalue weighted by Gasteiger charge is 2.34. The van der Waals surface area contributed by atoms with Crippen LogP contribution in [-0.4, -0.2) is 49.8 Å². The van der Waals surface area contributed by atoms with Crippen LogP contribution in [0.25, 0.3) is 0 Å². The van der Waals surface area contributed by atoms with Crippen LogP contribution >= 0.6 is 39.9 Å². The van der Waals surface area contributed by atoms with E-state index in [0.717, 1.165) is 5.56 Å². The zero-order chi connectivity index (χ0) is 17.7. The van der Waals surface area contributed by atoms with E-state index in [1.165, 1.54) is 11.0 Å². The van der Waals surface area contributed by atoms with Crippen molar-refractivity contribution in [3.05, 3.63) is 34.1 Å². The Morgan fingerprint density at radius 2 is 2.12 bits per heavy atom. The molecule has 0 aromatic heterocycles. The maximum atomic E-state index is 13.5. The minimum absolute atomic E-state index is 0. The molecule has 0 aliphatic carbocycles. The summed E-state index contributed by atoms with van der Waals surface area (Å²) in [5.41, 5.74) is 0.740. The lowest BCUT2D eigenvalue weighted by Crippen LogP contribution is -2.44. The standard InChI is InChI=1S/C15H19BrF4N4.HI/c1-21-14(22-7-10-2-3-12(16)13(17)6-10)23-11-4-5-24(8-11)9-15(18,19)20;/h2-3,6,11H,4-5,7-9H2,1H3,(H2,21,22,23);1H. The first kappa shape index (κ1) is 22.4. The van der Waals surface area contributed by atoms with E-state index in [9.17, 15) is 17.6 Å². The summed E-state index contributed by atoms with van der Waals surface area (Å²) in [5.74, 6) is 0.132. The van der Waals surface area contributed by atoms with Crippen molar-refractivity contribution >= 4 is 45.9 Å². The van der Waals surface area contributed by atoms with Gasteiger partial charge in [-0.05, 0) is 40.0 Å². The maximum Gasteiger partial charge on any atom is 0.401 e. The minimum Gasteiger partial charge on any atom is -0.352 e. The van der Waals surface area contributed by atoms with Crippen molar-refractivity contribution in [2.75, 3.05) is 26.7 Å². The molecule has 1 saturated heterocycles. The maximum absolute atomic E-state index is 13.5. The van der Waals surface area contributed by atoms with Crippen LogP contribution in [0.15, 0.2) is 27.7 Å². The first-order valence-corrected chi connectivity index (χ1v) is 8.26. The van der Waals surface area contributed by atoms with Crippen molar-refractivity contribution in [2.45, 2.75) is 25.2 Å². The van der Waals surface area contributed by atoms with Crippen LogP contribution < -0.4 is 10.6 Å². The molecule has 1 aliphatic rings. The zero-order valence-corrected chi connectivity index (χ0v) is 17.5. The second-order valence-electron chi connectivity index (χ2n) is 5.65. The highest BCUT2D eigenvalue weighted by Crippen LogP contribution is 2.20. The summed E-state index contributed by atoms with van der Waals surface area (Å²) < 4.78 is 51.1. The van der Waals surface area contributed by atoms with Crippen LogP contribution in [-0.2, 0) is 6.54 Å². The molecule has 1 atom stereocenters. The Hall–Kier alpha value is -0.620. The normalized spacial score (nSPS) is 18.8. The van der Waals surface area contributed by atoms with E-state index in [-0.39, 0.29) is 35.8 Å². The fraction of sp³-hybridized carbons (Fsp3) is 0.533. The summed E-state index contributed by atoms with van der Waals surface area (Å²) in [6.45, 7) is 0.178. The van der Waals surface area contributed by atoms with Crippen LogP contribution in [0.3, 0.4) is 0 Å². The lowest BCUT2D eigenvalue weighted by Gasteiger charge is -2.19. The summed E-state index contributed by atoms with van der Waals surface area (Å²) in [4.78, 5) is 5.43. The predicted octanol–water partition coefficient (Wildman–Crippen LogP) is 3.51. The highest BCUT2D eigenvalue weighted by molar-refractivity contribution is 14.0. The van der Waals surface area contributed by atoms with E-state index in [2.05, 4.69) is 31.6 Å². The average Bonchev–Trinajstić information content (AvgIpc) is 2.91. The Kier molecular flexibility index (Phi) is 8.89. The molecule has 1 unspecified atom stereocenters. The second kappa shape index (κ2) is 9.91. The molecule has 2 rings (SSSR count). The number of halogens is 6. The molecule has 2 N–H and O–H groups in total. The largest absolute Gasteiger partial charge is 0.401 e. The summed E-state index contributed by atoms with van der Waals surface area (Å²) in [6.07, 6.45) is -3.57. The molecule has 0 bridgehead atoms. The van der Waals surface area contributed by atoms with Gasteiger partial charge in [0.05, 0.1) is 11.0 Å². The van der Waals surface area contributed by atoms with Crippen LogP contribution in [0.2, 0.25) is 0 Å². The molecular formula is C15H20BrF4IN4. The Labute approximate surface area is 169 Å². The number of nitrogens with one attached hydrogen (secondary N) is 2. The number of alkyl halides is 3. The zero-order valence-electron chi connectivity index (χ0n) is 13.5. The third-order valence-electron chi connectivity index (χ3n) is 3.68. The molecule has 1 fully saturated rings. The molecule has 1 aromatic rings. The molecule has 0 amide bonds. The van der Waals surface area contributed by atoms with Gasteiger partial charge in [-0.2, -0.15) is 13.2 Å². The number of likely N-dealkylation sites (tertiary alicyclic amines) is 1. The minimum atomic E-state index is -4.18. The fourth-order valence-electron chi connectivity index (χ4n) is 2.57. The molecule has 0 saturated carbocycles. The van der Waals surface area contributed by atoms with Gasteiger partial charge in [-0.25, -0.2) is 4.39 Å². The number of aliphatic imine (C=N–C) groups is 1. The number of guanidine groups is 1. The Balaban J connectivity index is 0.00000312. The van der Waals surface area contributed by atoms with Gasteiger partial charge in [0.15, 0.2) is 5.96 Å². The summed E-state index contributed by atoms with van der Waals surface area (Å²) >= 11 is 3.09. The quantitative estimate of drug-likeness (QED) is 0.267. The first-order valence-electron chi connectivity index (χ1n) is 7.47. The van der Waals surface area contributed by atoms with Crippen LogP contribution in [0.4, 0.5) is 17.6 Å². The molecular weight excluding hydrogens is 519 g/mol. The van der Waals surface area contributed by atoms with Crippen LogP contribution in [0.1, 0.15) is 12.0 Å². The molecule has 1 aliphatic heterocycles. The molecule has 0 radical (unpaired) electrons. The molecule has 142 valence electrons. The second-order valence-corrected chi connectivity index (χ2v) is 6.51. The monoisotopic (exact) mass is 538 g/mol. The third kappa shape index (κ3) is 7.65. The van der Waals surface area contributed by atoms with Crippen molar-refractivity contribution in [3.63, 3.8) is 0 Å². The number of rotatable bonds is 4. The molecule has 10 heteroatoms.